The summed E-state index contributed by atoms with van der Waals surface area (Å²) in [6.07, 6.45) is 6.52. The SMILES string of the molecule is CC[C@H](C(=O)NC[C@H]1CCCO1)n1cc(Br)cn1. The van der Waals surface area contributed by atoms with Crippen LogP contribution < -0.4 is 5.32 Å². The van der Waals surface area contributed by atoms with Gasteiger partial charge in [0.15, 0.2) is 0 Å². The van der Waals surface area contributed by atoms with E-state index >= 15 is 0 Å². The van der Waals surface area contributed by atoms with Crippen molar-refractivity contribution in [3.05, 3.63) is 16.9 Å². The standard InChI is InChI=1S/C12H18BrN3O2/c1-2-11(16-8-9(13)6-15-16)12(17)14-7-10-4-3-5-18-10/h6,8,10-11H,2-5,7H2,1H3,(H,14,17)/t10-,11-/m1/s1. The van der Waals surface area contributed by atoms with Gasteiger partial charge in [0.1, 0.15) is 6.04 Å². The van der Waals surface area contributed by atoms with Crippen molar-refractivity contribution in [3.8, 4) is 0 Å². The molecule has 2 atom stereocenters. The summed E-state index contributed by atoms with van der Waals surface area (Å²) in [6, 6.07) is -0.252. The van der Waals surface area contributed by atoms with Crippen molar-refractivity contribution in [2.24, 2.45) is 0 Å². The van der Waals surface area contributed by atoms with Crippen molar-refractivity contribution in [2.75, 3.05) is 13.2 Å². The number of amides is 1. The summed E-state index contributed by atoms with van der Waals surface area (Å²) in [6.45, 7) is 3.38. The monoisotopic (exact) mass is 315 g/mol. The number of hydrogen-bond donors (Lipinski definition) is 1. The molecule has 0 radical (unpaired) electrons. The minimum absolute atomic E-state index is 0.00333. The smallest absolute Gasteiger partial charge is 0.244 e. The predicted octanol–water partition coefficient (Wildman–Crippen LogP) is 1.89. The Hall–Kier alpha value is -0.880. The Bertz CT molecular complexity index is 402. The van der Waals surface area contributed by atoms with E-state index in [-0.39, 0.29) is 18.1 Å². The van der Waals surface area contributed by atoms with Crippen LogP contribution in [0, 0.1) is 0 Å². The maximum Gasteiger partial charge on any atom is 0.244 e. The highest BCUT2D eigenvalue weighted by Gasteiger charge is 2.21. The van der Waals surface area contributed by atoms with Gasteiger partial charge in [0.25, 0.3) is 0 Å². The third-order valence-electron chi connectivity index (χ3n) is 3.11. The number of halogens is 1. The molecule has 0 spiro atoms. The highest BCUT2D eigenvalue weighted by Crippen LogP contribution is 2.15. The fourth-order valence-corrected chi connectivity index (χ4v) is 2.42. The first-order chi connectivity index (χ1) is 8.70. The number of nitrogens with zero attached hydrogens (tertiary/aromatic N) is 2. The highest BCUT2D eigenvalue weighted by atomic mass is 79.9. The first-order valence-electron chi connectivity index (χ1n) is 6.29. The molecule has 5 nitrogen and oxygen atoms in total. The number of hydrogen-bond acceptors (Lipinski definition) is 3. The topological polar surface area (TPSA) is 56.1 Å². The van der Waals surface area contributed by atoms with Crippen LogP contribution in [0.1, 0.15) is 32.2 Å². The molecule has 1 saturated heterocycles. The van der Waals surface area contributed by atoms with Gasteiger partial charge in [-0.2, -0.15) is 5.10 Å². The summed E-state index contributed by atoms with van der Waals surface area (Å²) in [4.78, 5) is 12.1. The van der Waals surface area contributed by atoms with Crippen LogP contribution in [0.4, 0.5) is 0 Å². The average molecular weight is 316 g/mol. The molecule has 1 aromatic rings. The molecule has 1 fully saturated rings. The summed E-state index contributed by atoms with van der Waals surface area (Å²) in [7, 11) is 0. The molecule has 0 unspecified atom stereocenters. The Morgan fingerprint density at radius 1 is 1.78 bits per heavy atom. The third-order valence-corrected chi connectivity index (χ3v) is 3.52. The molecule has 1 aliphatic heterocycles. The van der Waals surface area contributed by atoms with Crippen LogP contribution in [0.25, 0.3) is 0 Å². The summed E-state index contributed by atoms with van der Waals surface area (Å²) in [5.41, 5.74) is 0. The molecule has 18 heavy (non-hydrogen) atoms. The zero-order chi connectivity index (χ0) is 13.0. The minimum atomic E-state index is -0.252. The van der Waals surface area contributed by atoms with Crippen molar-refractivity contribution < 1.29 is 9.53 Å². The van der Waals surface area contributed by atoms with Gasteiger partial charge >= 0.3 is 0 Å². The molecule has 0 saturated carbocycles. The van der Waals surface area contributed by atoms with E-state index in [1.807, 2.05) is 13.1 Å². The zero-order valence-electron chi connectivity index (χ0n) is 10.4. The van der Waals surface area contributed by atoms with Crippen LogP contribution in [-0.4, -0.2) is 34.9 Å². The molecule has 0 aliphatic carbocycles. The molecule has 1 N–H and O–H groups in total. The Balaban J connectivity index is 1.89. The van der Waals surface area contributed by atoms with Crippen molar-refractivity contribution in [3.63, 3.8) is 0 Å². The van der Waals surface area contributed by atoms with Crippen molar-refractivity contribution in [1.82, 2.24) is 15.1 Å². The second kappa shape index (κ2) is 6.33. The minimum Gasteiger partial charge on any atom is -0.376 e. The van der Waals surface area contributed by atoms with Gasteiger partial charge in [-0.15, -0.1) is 0 Å². The molecule has 2 rings (SSSR count). The van der Waals surface area contributed by atoms with Crippen molar-refractivity contribution in [2.45, 2.75) is 38.3 Å². The second-order valence-corrected chi connectivity index (χ2v) is 5.36. The molecule has 100 valence electrons. The van der Waals surface area contributed by atoms with Gasteiger partial charge in [-0.1, -0.05) is 6.92 Å². The number of aromatic nitrogens is 2. The van der Waals surface area contributed by atoms with Gasteiger partial charge in [-0.05, 0) is 35.2 Å². The van der Waals surface area contributed by atoms with Gasteiger partial charge in [0.2, 0.25) is 5.91 Å². The van der Waals surface area contributed by atoms with Crippen LogP contribution in [0.3, 0.4) is 0 Å². The maximum absolute atomic E-state index is 12.1. The largest absolute Gasteiger partial charge is 0.376 e. The lowest BCUT2D eigenvalue weighted by Gasteiger charge is -2.17. The predicted molar refractivity (Wildman–Crippen MR) is 71.2 cm³/mol. The van der Waals surface area contributed by atoms with Gasteiger partial charge in [-0.3, -0.25) is 9.48 Å². The van der Waals surface area contributed by atoms with Crippen molar-refractivity contribution in [1.29, 1.82) is 0 Å². The van der Waals surface area contributed by atoms with Crippen LogP contribution in [0.15, 0.2) is 16.9 Å². The summed E-state index contributed by atoms with van der Waals surface area (Å²) in [5.74, 6) is 0.00333. The van der Waals surface area contributed by atoms with Gasteiger partial charge in [0, 0.05) is 19.3 Å². The quantitative estimate of drug-likeness (QED) is 0.902. The fraction of sp³-hybridized carbons (Fsp3) is 0.667. The molecule has 0 aromatic carbocycles. The van der Waals surface area contributed by atoms with E-state index < -0.39 is 0 Å². The first-order valence-corrected chi connectivity index (χ1v) is 7.09. The number of carbonyl (C=O) groups is 1. The summed E-state index contributed by atoms with van der Waals surface area (Å²) in [5, 5.41) is 7.11. The molecule has 6 heteroatoms. The number of carbonyl (C=O) groups excluding carboxylic acids is 1. The van der Waals surface area contributed by atoms with Gasteiger partial charge in [0.05, 0.1) is 16.8 Å². The van der Waals surface area contributed by atoms with Gasteiger partial charge in [-0.25, -0.2) is 0 Å². The van der Waals surface area contributed by atoms with Crippen LogP contribution in [0.2, 0.25) is 0 Å². The van der Waals surface area contributed by atoms with Crippen molar-refractivity contribution >= 4 is 21.8 Å². The Labute approximate surface area is 115 Å². The van der Waals surface area contributed by atoms with Crippen LogP contribution in [-0.2, 0) is 9.53 Å². The molecule has 2 heterocycles. The molecular weight excluding hydrogens is 298 g/mol. The van der Waals surface area contributed by atoms with E-state index in [1.54, 1.807) is 10.9 Å². The van der Waals surface area contributed by atoms with Gasteiger partial charge < -0.3 is 10.1 Å². The first kappa shape index (κ1) is 13.5. The lowest BCUT2D eigenvalue weighted by molar-refractivity contribution is -0.125. The van der Waals surface area contributed by atoms with E-state index in [0.717, 1.165) is 23.9 Å². The van der Waals surface area contributed by atoms with E-state index in [9.17, 15) is 4.79 Å². The third kappa shape index (κ3) is 3.32. The summed E-state index contributed by atoms with van der Waals surface area (Å²) < 4.78 is 8.05. The second-order valence-electron chi connectivity index (χ2n) is 4.44. The molecular formula is C12H18BrN3O2. The van der Waals surface area contributed by atoms with Crippen LogP contribution >= 0.6 is 15.9 Å². The maximum atomic E-state index is 12.1. The average Bonchev–Trinajstić information content (AvgIpc) is 2.99. The Kier molecular flexibility index (Phi) is 4.77. The normalized spacial score (nSPS) is 20.9. The number of ether oxygens (including phenoxy) is 1. The van der Waals surface area contributed by atoms with Crippen LogP contribution in [0.5, 0.6) is 0 Å². The lowest BCUT2D eigenvalue weighted by Crippen LogP contribution is -2.37. The molecule has 0 bridgehead atoms. The van der Waals surface area contributed by atoms with E-state index in [0.29, 0.717) is 13.0 Å². The Morgan fingerprint density at radius 3 is 3.17 bits per heavy atom. The molecule has 1 amide bonds. The number of rotatable bonds is 5. The molecule has 1 aliphatic rings. The van der Waals surface area contributed by atoms with E-state index in [2.05, 4.69) is 26.3 Å². The Morgan fingerprint density at radius 2 is 2.61 bits per heavy atom. The highest BCUT2D eigenvalue weighted by molar-refractivity contribution is 9.10. The van der Waals surface area contributed by atoms with E-state index in [1.165, 1.54) is 0 Å². The fourth-order valence-electron chi connectivity index (χ4n) is 2.12. The lowest BCUT2D eigenvalue weighted by atomic mass is 10.2. The van der Waals surface area contributed by atoms with E-state index in [4.69, 9.17) is 4.74 Å². The molecule has 1 aromatic heterocycles. The summed E-state index contributed by atoms with van der Waals surface area (Å²) >= 11 is 3.34. The zero-order valence-corrected chi connectivity index (χ0v) is 12.0. The number of nitrogens with one attached hydrogen (secondary N) is 1.